The van der Waals surface area contributed by atoms with Crippen LogP contribution in [-0.2, 0) is 6.42 Å². The molecule has 0 radical (unpaired) electrons. The number of nitrogens with zero attached hydrogens (tertiary/aromatic N) is 2. The van der Waals surface area contributed by atoms with Gasteiger partial charge >= 0.3 is 0 Å². The van der Waals surface area contributed by atoms with E-state index in [9.17, 15) is 0 Å². The lowest BCUT2D eigenvalue weighted by Gasteiger charge is -2.09. The fourth-order valence-electron chi connectivity index (χ4n) is 2.69. The highest BCUT2D eigenvalue weighted by Gasteiger charge is 2.19. The van der Waals surface area contributed by atoms with E-state index in [1.165, 1.54) is 12.8 Å². The largest absolute Gasteiger partial charge is 0.339 e. The Morgan fingerprint density at radius 1 is 1.19 bits per heavy atom. The summed E-state index contributed by atoms with van der Waals surface area (Å²) in [5, 5.41) is 8.51. The van der Waals surface area contributed by atoms with Crippen molar-refractivity contribution in [1.29, 1.82) is 0 Å². The maximum atomic E-state index is 6.17. The zero-order valence-corrected chi connectivity index (χ0v) is 13.1. The normalized spacial score (nSPS) is 19.4. The van der Waals surface area contributed by atoms with Gasteiger partial charge in [0.2, 0.25) is 11.7 Å². The van der Waals surface area contributed by atoms with E-state index in [2.05, 4.69) is 15.5 Å². The number of halogens is 2. The Hall–Kier alpha value is -1.10. The van der Waals surface area contributed by atoms with Gasteiger partial charge in [-0.3, -0.25) is 0 Å². The molecule has 0 spiro atoms. The highest BCUT2D eigenvalue weighted by molar-refractivity contribution is 6.38. The molecular formula is C15H17Cl2N3O. The standard InChI is InChI=1S/C15H17Cl2N3O/c16-11-4-1-5-12(17)14(11)15-19-13(21-20-15)9-10-3-2-7-18-8-6-10/h1,4-5,10,18H,2-3,6-9H2. The summed E-state index contributed by atoms with van der Waals surface area (Å²) >= 11 is 12.3. The summed E-state index contributed by atoms with van der Waals surface area (Å²) in [6, 6.07) is 5.35. The minimum Gasteiger partial charge on any atom is -0.339 e. The summed E-state index contributed by atoms with van der Waals surface area (Å²) in [5.41, 5.74) is 0.637. The van der Waals surface area contributed by atoms with Crippen molar-refractivity contribution in [3.63, 3.8) is 0 Å². The zero-order valence-electron chi connectivity index (χ0n) is 11.6. The van der Waals surface area contributed by atoms with E-state index in [-0.39, 0.29) is 0 Å². The maximum Gasteiger partial charge on any atom is 0.227 e. The molecule has 0 bridgehead atoms. The van der Waals surface area contributed by atoms with Crippen molar-refractivity contribution in [3.05, 3.63) is 34.1 Å². The van der Waals surface area contributed by atoms with Crippen LogP contribution in [0.1, 0.15) is 25.2 Å². The van der Waals surface area contributed by atoms with Gasteiger partial charge in [0, 0.05) is 6.42 Å². The van der Waals surface area contributed by atoms with Crippen LogP contribution >= 0.6 is 23.2 Å². The molecule has 1 aromatic carbocycles. The molecule has 21 heavy (non-hydrogen) atoms. The molecule has 1 atom stereocenters. The van der Waals surface area contributed by atoms with Gasteiger partial charge < -0.3 is 9.84 Å². The van der Waals surface area contributed by atoms with Gasteiger partial charge in [-0.15, -0.1) is 0 Å². The summed E-state index contributed by atoms with van der Waals surface area (Å²) in [6.45, 7) is 2.16. The van der Waals surface area contributed by atoms with Gasteiger partial charge in [0.1, 0.15) is 0 Å². The van der Waals surface area contributed by atoms with Crippen molar-refractivity contribution in [2.75, 3.05) is 13.1 Å². The van der Waals surface area contributed by atoms with Crippen LogP contribution in [0, 0.1) is 5.92 Å². The number of rotatable bonds is 3. The average Bonchev–Trinajstić information content (AvgIpc) is 2.75. The molecule has 0 aliphatic carbocycles. The Labute approximate surface area is 133 Å². The van der Waals surface area contributed by atoms with Crippen molar-refractivity contribution in [3.8, 4) is 11.4 Å². The van der Waals surface area contributed by atoms with E-state index >= 15 is 0 Å². The van der Waals surface area contributed by atoms with Crippen molar-refractivity contribution in [1.82, 2.24) is 15.5 Å². The van der Waals surface area contributed by atoms with Gasteiger partial charge in [0.25, 0.3) is 0 Å². The van der Waals surface area contributed by atoms with E-state index < -0.39 is 0 Å². The van der Waals surface area contributed by atoms with E-state index in [1.807, 2.05) is 0 Å². The van der Waals surface area contributed by atoms with Crippen molar-refractivity contribution in [2.24, 2.45) is 5.92 Å². The van der Waals surface area contributed by atoms with Crippen LogP contribution in [0.15, 0.2) is 22.7 Å². The summed E-state index contributed by atoms with van der Waals surface area (Å²) < 4.78 is 5.37. The molecule has 1 aliphatic heterocycles. The molecule has 1 aliphatic rings. The van der Waals surface area contributed by atoms with Crippen LogP contribution in [0.5, 0.6) is 0 Å². The molecule has 1 saturated heterocycles. The molecule has 0 saturated carbocycles. The van der Waals surface area contributed by atoms with Gasteiger partial charge in [0.15, 0.2) is 0 Å². The molecule has 2 aromatic rings. The topological polar surface area (TPSA) is 51.0 Å². The quantitative estimate of drug-likeness (QED) is 0.927. The third-order valence-corrected chi connectivity index (χ3v) is 4.44. The second-order valence-electron chi connectivity index (χ2n) is 5.36. The van der Waals surface area contributed by atoms with Crippen LogP contribution in [0.2, 0.25) is 10.0 Å². The molecule has 1 fully saturated rings. The Balaban J connectivity index is 1.77. The molecule has 0 amide bonds. The van der Waals surface area contributed by atoms with E-state index in [4.69, 9.17) is 27.7 Å². The second kappa shape index (κ2) is 6.77. The SMILES string of the molecule is Clc1cccc(Cl)c1-c1noc(CC2CCCNCC2)n1. The van der Waals surface area contributed by atoms with Gasteiger partial charge in [-0.05, 0) is 50.4 Å². The van der Waals surface area contributed by atoms with Gasteiger partial charge in [-0.1, -0.05) is 34.4 Å². The van der Waals surface area contributed by atoms with Crippen molar-refractivity contribution < 1.29 is 4.52 Å². The fraction of sp³-hybridized carbons (Fsp3) is 0.467. The minimum absolute atomic E-state index is 0.465. The van der Waals surface area contributed by atoms with Crippen LogP contribution in [0.4, 0.5) is 0 Å². The van der Waals surface area contributed by atoms with Crippen molar-refractivity contribution in [2.45, 2.75) is 25.7 Å². The smallest absolute Gasteiger partial charge is 0.227 e. The Bertz CT molecular complexity index is 586. The number of nitrogens with one attached hydrogen (secondary N) is 1. The number of aromatic nitrogens is 2. The van der Waals surface area contributed by atoms with Crippen LogP contribution in [0.25, 0.3) is 11.4 Å². The first kappa shape index (κ1) is 14.8. The molecule has 112 valence electrons. The predicted molar refractivity (Wildman–Crippen MR) is 83.7 cm³/mol. The van der Waals surface area contributed by atoms with Crippen LogP contribution in [-0.4, -0.2) is 23.2 Å². The fourth-order valence-corrected chi connectivity index (χ4v) is 3.26. The van der Waals surface area contributed by atoms with E-state index in [0.29, 0.717) is 33.2 Å². The Kier molecular flexibility index (Phi) is 4.78. The lowest BCUT2D eigenvalue weighted by molar-refractivity contribution is 0.341. The lowest BCUT2D eigenvalue weighted by atomic mass is 9.97. The van der Waals surface area contributed by atoms with Crippen molar-refractivity contribution >= 4 is 23.2 Å². The van der Waals surface area contributed by atoms with Gasteiger partial charge in [0.05, 0.1) is 15.6 Å². The summed E-state index contributed by atoms with van der Waals surface area (Å²) in [6.07, 6.45) is 4.35. The number of benzene rings is 1. The molecule has 1 aromatic heterocycles. The highest BCUT2D eigenvalue weighted by atomic mass is 35.5. The van der Waals surface area contributed by atoms with Crippen LogP contribution < -0.4 is 5.32 Å². The van der Waals surface area contributed by atoms with E-state index in [1.54, 1.807) is 18.2 Å². The zero-order chi connectivity index (χ0) is 14.7. The third-order valence-electron chi connectivity index (χ3n) is 3.81. The first-order valence-corrected chi connectivity index (χ1v) is 7.97. The number of hydrogen-bond acceptors (Lipinski definition) is 4. The Morgan fingerprint density at radius 2 is 2.00 bits per heavy atom. The maximum absolute atomic E-state index is 6.17. The van der Waals surface area contributed by atoms with Gasteiger partial charge in [-0.2, -0.15) is 4.98 Å². The molecule has 4 nitrogen and oxygen atoms in total. The van der Waals surface area contributed by atoms with Crippen LogP contribution in [0.3, 0.4) is 0 Å². The first-order chi connectivity index (χ1) is 10.2. The third kappa shape index (κ3) is 3.57. The lowest BCUT2D eigenvalue weighted by Crippen LogP contribution is -2.14. The van der Waals surface area contributed by atoms with E-state index in [0.717, 1.165) is 25.9 Å². The Morgan fingerprint density at radius 3 is 2.81 bits per heavy atom. The molecule has 6 heteroatoms. The van der Waals surface area contributed by atoms with Gasteiger partial charge in [-0.25, -0.2) is 0 Å². The average molecular weight is 326 g/mol. The first-order valence-electron chi connectivity index (χ1n) is 7.21. The second-order valence-corrected chi connectivity index (χ2v) is 6.17. The minimum atomic E-state index is 0.465. The predicted octanol–water partition coefficient (Wildman–Crippen LogP) is 3.98. The molecule has 1 unspecified atom stereocenters. The molecule has 3 rings (SSSR count). The summed E-state index contributed by atoms with van der Waals surface area (Å²) in [7, 11) is 0. The summed E-state index contributed by atoms with van der Waals surface area (Å²) in [5.74, 6) is 1.72. The summed E-state index contributed by atoms with van der Waals surface area (Å²) in [4.78, 5) is 4.46. The molecule has 2 heterocycles. The molecule has 1 N–H and O–H groups in total. The molecular weight excluding hydrogens is 309 g/mol. The highest BCUT2D eigenvalue weighted by Crippen LogP contribution is 2.33. The number of hydrogen-bond donors (Lipinski definition) is 1. The monoisotopic (exact) mass is 325 g/mol.